The van der Waals surface area contributed by atoms with Crippen molar-refractivity contribution in [3.05, 3.63) is 53.8 Å². The van der Waals surface area contributed by atoms with Gasteiger partial charge in [0.05, 0.1) is 18.8 Å². The molecule has 1 fully saturated rings. The van der Waals surface area contributed by atoms with Crippen LogP contribution in [0.25, 0.3) is 11.1 Å². The number of anilines is 1. The Bertz CT molecular complexity index is 921. The number of aryl methyl sites for hydroxylation is 1. The molecule has 1 saturated heterocycles. The number of halogens is 3. The summed E-state index contributed by atoms with van der Waals surface area (Å²) in [4.78, 5) is 24.5. The second-order valence-corrected chi connectivity index (χ2v) is 7.56. The third kappa shape index (κ3) is 5.99. The molecule has 31 heavy (non-hydrogen) atoms. The Kier molecular flexibility index (Phi) is 7.55. The van der Waals surface area contributed by atoms with Crippen molar-refractivity contribution in [3.8, 4) is 11.1 Å². The predicted octanol–water partition coefficient (Wildman–Crippen LogP) is 4.58. The van der Waals surface area contributed by atoms with E-state index in [4.69, 9.17) is 4.74 Å². The molecule has 0 aromatic heterocycles. The lowest BCUT2D eigenvalue weighted by atomic mass is 10.0. The van der Waals surface area contributed by atoms with E-state index in [0.717, 1.165) is 5.56 Å². The summed E-state index contributed by atoms with van der Waals surface area (Å²) < 4.78 is 45.1. The lowest BCUT2D eigenvalue weighted by molar-refractivity contribution is -0.119. The molecule has 2 atom stereocenters. The fourth-order valence-corrected chi connectivity index (χ4v) is 3.46. The van der Waals surface area contributed by atoms with Crippen LogP contribution in [0.2, 0.25) is 0 Å². The zero-order valence-corrected chi connectivity index (χ0v) is 17.2. The molecular weight excluding hydrogens is 409 g/mol. The highest BCUT2D eigenvalue weighted by atomic mass is 19.2. The van der Waals surface area contributed by atoms with Crippen molar-refractivity contribution in [2.75, 3.05) is 24.7 Å². The number of carbonyl (C=O) groups is 2. The first-order valence-corrected chi connectivity index (χ1v) is 10.2. The van der Waals surface area contributed by atoms with E-state index in [1.165, 1.54) is 17.9 Å². The van der Waals surface area contributed by atoms with Gasteiger partial charge in [-0.2, -0.15) is 0 Å². The number of ether oxygens (including phenoxy) is 1. The standard InChI is InChI=1S/C23H25F3N2O3/c1-15(29)27-13-20-14-28(23(30)31-20)19-9-10-21(22(26)11-19)17-7-5-16(6-8-17)3-2-4-18(25)12-24/h5-11,18,20H,2-4,12-14H2,1H3,(H,27,29)/t18?,20-/m0/s1. The average Bonchev–Trinajstić information content (AvgIpc) is 3.13. The molecule has 8 heteroatoms. The maximum Gasteiger partial charge on any atom is 0.414 e. The molecule has 2 aromatic rings. The highest BCUT2D eigenvalue weighted by Gasteiger charge is 2.32. The van der Waals surface area contributed by atoms with E-state index >= 15 is 0 Å². The molecule has 0 saturated carbocycles. The van der Waals surface area contributed by atoms with Crippen LogP contribution < -0.4 is 10.2 Å². The summed E-state index contributed by atoms with van der Waals surface area (Å²) in [6.45, 7) is 0.833. The van der Waals surface area contributed by atoms with Crippen molar-refractivity contribution < 1.29 is 27.5 Å². The SMILES string of the molecule is CC(=O)NC[C@H]1CN(c2ccc(-c3ccc(CCCC(F)CF)cc3)c(F)c2)C(=O)O1. The van der Waals surface area contributed by atoms with Crippen molar-refractivity contribution in [2.24, 2.45) is 0 Å². The first-order valence-electron chi connectivity index (χ1n) is 10.2. The van der Waals surface area contributed by atoms with Crippen molar-refractivity contribution in [3.63, 3.8) is 0 Å². The highest BCUT2D eigenvalue weighted by molar-refractivity contribution is 5.90. The number of nitrogens with one attached hydrogen (secondary N) is 1. The van der Waals surface area contributed by atoms with E-state index in [0.29, 0.717) is 29.7 Å². The van der Waals surface area contributed by atoms with Gasteiger partial charge in [-0.1, -0.05) is 24.3 Å². The van der Waals surface area contributed by atoms with Gasteiger partial charge in [0.15, 0.2) is 0 Å². The van der Waals surface area contributed by atoms with Crippen molar-refractivity contribution in [1.29, 1.82) is 0 Å². The number of alkyl halides is 2. The zero-order valence-electron chi connectivity index (χ0n) is 17.2. The van der Waals surface area contributed by atoms with Crippen LogP contribution in [-0.2, 0) is 16.0 Å². The van der Waals surface area contributed by atoms with Crippen LogP contribution in [0.4, 0.5) is 23.7 Å². The first kappa shape index (κ1) is 22.7. The van der Waals surface area contributed by atoms with Gasteiger partial charge in [-0.15, -0.1) is 0 Å². The number of nitrogens with zero attached hydrogens (tertiary/aromatic N) is 1. The summed E-state index contributed by atoms with van der Waals surface area (Å²) in [7, 11) is 0. The molecule has 1 aliphatic rings. The third-order valence-corrected chi connectivity index (χ3v) is 5.13. The van der Waals surface area contributed by atoms with Crippen LogP contribution in [0, 0.1) is 5.82 Å². The van der Waals surface area contributed by atoms with E-state index < -0.39 is 30.9 Å². The lowest BCUT2D eigenvalue weighted by Crippen LogP contribution is -2.33. The number of benzene rings is 2. The minimum Gasteiger partial charge on any atom is -0.442 e. The number of cyclic esters (lactones) is 1. The van der Waals surface area contributed by atoms with Gasteiger partial charge < -0.3 is 10.1 Å². The second kappa shape index (κ2) is 10.3. The molecule has 166 valence electrons. The van der Waals surface area contributed by atoms with Crippen molar-refractivity contribution in [1.82, 2.24) is 5.32 Å². The average molecular weight is 434 g/mol. The number of hydrogen-bond acceptors (Lipinski definition) is 3. The highest BCUT2D eigenvalue weighted by Crippen LogP contribution is 2.29. The minimum atomic E-state index is -1.42. The van der Waals surface area contributed by atoms with Crippen LogP contribution in [0.3, 0.4) is 0 Å². The fraction of sp³-hybridized carbons (Fsp3) is 0.391. The van der Waals surface area contributed by atoms with Gasteiger partial charge in [0.2, 0.25) is 5.91 Å². The van der Waals surface area contributed by atoms with Crippen LogP contribution in [0.15, 0.2) is 42.5 Å². The summed E-state index contributed by atoms with van der Waals surface area (Å²) in [5, 5.41) is 2.60. The summed E-state index contributed by atoms with van der Waals surface area (Å²) in [6, 6.07) is 11.8. The van der Waals surface area contributed by atoms with Gasteiger partial charge in [0.1, 0.15) is 24.8 Å². The topological polar surface area (TPSA) is 58.6 Å². The van der Waals surface area contributed by atoms with Gasteiger partial charge in [-0.25, -0.2) is 18.0 Å². The Balaban J connectivity index is 1.64. The van der Waals surface area contributed by atoms with Gasteiger partial charge in [-0.3, -0.25) is 9.69 Å². The Morgan fingerprint density at radius 2 is 2.00 bits per heavy atom. The fourth-order valence-electron chi connectivity index (χ4n) is 3.46. The molecule has 1 unspecified atom stereocenters. The monoisotopic (exact) mass is 434 g/mol. The van der Waals surface area contributed by atoms with E-state index in [9.17, 15) is 22.8 Å². The molecule has 2 amide bonds. The van der Waals surface area contributed by atoms with E-state index in [-0.39, 0.29) is 25.4 Å². The molecule has 3 rings (SSSR count). The molecule has 1 heterocycles. The largest absolute Gasteiger partial charge is 0.442 e. The molecular formula is C23H25F3N2O3. The summed E-state index contributed by atoms with van der Waals surface area (Å²) in [5.74, 6) is -0.700. The van der Waals surface area contributed by atoms with E-state index in [1.807, 2.05) is 12.1 Å². The Labute approximate surface area is 179 Å². The normalized spacial score (nSPS) is 16.8. The molecule has 0 radical (unpaired) electrons. The molecule has 0 aliphatic carbocycles. The van der Waals surface area contributed by atoms with Crippen molar-refractivity contribution >= 4 is 17.7 Å². The van der Waals surface area contributed by atoms with Gasteiger partial charge in [0, 0.05) is 12.5 Å². The first-order chi connectivity index (χ1) is 14.9. The van der Waals surface area contributed by atoms with E-state index in [1.54, 1.807) is 24.3 Å². The predicted molar refractivity (Wildman–Crippen MR) is 112 cm³/mol. The lowest BCUT2D eigenvalue weighted by Gasteiger charge is -2.15. The maximum absolute atomic E-state index is 14.8. The summed E-state index contributed by atoms with van der Waals surface area (Å²) in [6.07, 6.45) is -1.15. The molecule has 2 aromatic carbocycles. The molecule has 0 bridgehead atoms. The Morgan fingerprint density at radius 3 is 2.65 bits per heavy atom. The number of carbonyl (C=O) groups excluding carboxylic acids is 2. The van der Waals surface area contributed by atoms with Gasteiger partial charge in [0.25, 0.3) is 0 Å². The number of rotatable bonds is 9. The number of amides is 2. The molecule has 1 aliphatic heterocycles. The summed E-state index contributed by atoms with van der Waals surface area (Å²) >= 11 is 0. The number of hydrogen-bond donors (Lipinski definition) is 1. The third-order valence-electron chi connectivity index (χ3n) is 5.13. The van der Waals surface area contributed by atoms with Gasteiger partial charge in [-0.05, 0) is 48.6 Å². The smallest absolute Gasteiger partial charge is 0.414 e. The van der Waals surface area contributed by atoms with Crippen LogP contribution in [0.5, 0.6) is 0 Å². The van der Waals surface area contributed by atoms with Crippen LogP contribution >= 0.6 is 0 Å². The quantitative estimate of drug-likeness (QED) is 0.628. The maximum atomic E-state index is 14.8. The van der Waals surface area contributed by atoms with Crippen LogP contribution in [-0.4, -0.2) is 44.0 Å². The second-order valence-electron chi connectivity index (χ2n) is 7.56. The Hall–Kier alpha value is -3.03. The van der Waals surface area contributed by atoms with Crippen LogP contribution in [0.1, 0.15) is 25.3 Å². The van der Waals surface area contributed by atoms with E-state index in [2.05, 4.69) is 5.32 Å². The zero-order chi connectivity index (χ0) is 22.4. The molecule has 1 N–H and O–H groups in total. The molecule has 0 spiro atoms. The van der Waals surface area contributed by atoms with Crippen molar-refractivity contribution in [2.45, 2.75) is 38.5 Å². The Morgan fingerprint density at radius 1 is 1.26 bits per heavy atom. The molecule has 5 nitrogen and oxygen atoms in total. The van der Waals surface area contributed by atoms with Gasteiger partial charge >= 0.3 is 6.09 Å². The minimum absolute atomic E-state index is 0.180. The summed E-state index contributed by atoms with van der Waals surface area (Å²) in [5.41, 5.74) is 2.41.